The molecule has 1 aliphatic heterocycles. The quantitative estimate of drug-likeness (QED) is 0.858. The Bertz CT molecular complexity index is 552. The number of benzene rings is 1. The Hall–Kier alpha value is -1.84. The average molecular weight is 287 g/mol. The summed E-state index contributed by atoms with van der Waals surface area (Å²) in [5.74, 6) is 0.612. The number of hydrogen-bond acceptors (Lipinski definition) is 3. The van der Waals surface area contributed by atoms with E-state index in [4.69, 9.17) is 4.74 Å². The first-order valence-corrected chi connectivity index (χ1v) is 7.54. The third-order valence-electron chi connectivity index (χ3n) is 5.12. The van der Waals surface area contributed by atoms with Crippen molar-refractivity contribution in [3.05, 3.63) is 35.9 Å². The first-order valence-electron chi connectivity index (χ1n) is 7.54. The lowest BCUT2D eigenvalue weighted by molar-refractivity contribution is -0.125. The maximum Gasteiger partial charge on any atom is 0.410 e. The highest BCUT2D eigenvalue weighted by Crippen LogP contribution is 2.52. The predicted molar refractivity (Wildman–Crippen MR) is 78.6 cm³/mol. The average Bonchev–Trinajstić information content (AvgIpc) is 3.31. The van der Waals surface area contributed by atoms with Crippen LogP contribution >= 0.6 is 0 Å². The van der Waals surface area contributed by atoms with Gasteiger partial charge in [0, 0.05) is 6.04 Å². The SMILES string of the molecule is CC1N(C(=O)OCc2ccccc2)CC(=O)C1(C)C1CC1. The summed E-state index contributed by atoms with van der Waals surface area (Å²) in [4.78, 5) is 26.2. The third kappa shape index (κ3) is 2.43. The van der Waals surface area contributed by atoms with Gasteiger partial charge in [0.1, 0.15) is 6.61 Å². The molecule has 2 atom stereocenters. The fourth-order valence-electron chi connectivity index (χ4n) is 3.30. The highest BCUT2D eigenvalue weighted by Gasteiger charge is 2.57. The molecule has 0 bridgehead atoms. The smallest absolute Gasteiger partial charge is 0.410 e. The van der Waals surface area contributed by atoms with E-state index in [-0.39, 0.29) is 36.5 Å². The fraction of sp³-hybridized carbons (Fsp3) is 0.529. The van der Waals surface area contributed by atoms with Gasteiger partial charge < -0.3 is 4.74 Å². The molecular formula is C17H21NO3. The van der Waals surface area contributed by atoms with Crippen LogP contribution in [-0.4, -0.2) is 29.4 Å². The summed E-state index contributed by atoms with van der Waals surface area (Å²) in [6.07, 6.45) is 1.81. The Kier molecular flexibility index (Phi) is 3.47. The van der Waals surface area contributed by atoms with Crippen molar-refractivity contribution in [1.29, 1.82) is 0 Å². The third-order valence-corrected chi connectivity index (χ3v) is 5.12. The van der Waals surface area contributed by atoms with Crippen molar-refractivity contribution in [2.45, 2.75) is 39.3 Å². The number of rotatable bonds is 3. The van der Waals surface area contributed by atoms with Gasteiger partial charge in [-0.2, -0.15) is 0 Å². The number of hydrogen-bond donors (Lipinski definition) is 0. The lowest BCUT2D eigenvalue weighted by Gasteiger charge is -2.30. The van der Waals surface area contributed by atoms with Gasteiger partial charge in [0.05, 0.1) is 12.0 Å². The van der Waals surface area contributed by atoms with Crippen LogP contribution in [0.15, 0.2) is 30.3 Å². The summed E-state index contributed by atoms with van der Waals surface area (Å²) in [5, 5.41) is 0. The minimum atomic E-state index is -0.385. The van der Waals surface area contributed by atoms with Crippen molar-refractivity contribution in [3.8, 4) is 0 Å². The van der Waals surface area contributed by atoms with E-state index in [0.29, 0.717) is 5.92 Å². The zero-order valence-electron chi connectivity index (χ0n) is 12.5. The molecule has 4 heteroatoms. The molecule has 1 aliphatic carbocycles. The van der Waals surface area contributed by atoms with E-state index in [0.717, 1.165) is 18.4 Å². The van der Waals surface area contributed by atoms with Crippen LogP contribution in [0.1, 0.15) is 32.3 Å². The molecular weight excluding hydrogens is 266 g/mol. The normalized spacial score (nSPS) is 28.8. The number of Topliss-reactive ketones (excluding diaryl/α,β-unsaturated/α-hetero) is 1. The van der Waals surface area contributed by atoms with Crippen LogP contribution in [0.2, 0.25) is 0 Å². The summed E-state index contributed by atoms with van der Waals surface area (Å²) < 4.78 is 5.36. The number of carbonyl (C=O) groups is 2. The van der Waals surface area contributed by atoms with Crippen LogP contribution in [0.5, 0.6) is 0 Å². The van der Waals surface area contributed by atoms with Crippen LogP contribution in [0.4, 0.5) is 4.79 Å². The topological polar surface area (TPSA) is 46.6 Å². The van der Waals surface area contributed by atoms with Crippen molar-refractivity contribution >= 4 is 11.9 Å². The molecule has 21 heavy (non-hydrogen) atoms. The van der Waals surface area contributed by atoms with Crippen molar-refractivity contribution in [3.63, 3.8) is 0 Å². The van der Waals surface area contributed by atoms with Crippen LogP contribution < -0.4 is 0 Å². The Labute approximate surface area is 125 Å². The zero-order chi connectivity index (χ0) is 15.0. The number of ketones is 1. The summed E-state index contributed by atoms with van der Waals surface area (Å²) in [5.41, 5.74) is 0.570. The van der Waals surface area contributed by atoms with Gasteiger partial charge in [-0.25, -0.2) is 4.79 Å². The predicted octanol–water partition coefficient (Wildman–Crippen LogP) is 3.01. The highest BCUT2D eigenvalue weighted by molar-refractivity contribution is 5.93. The number of ether oxygens (including phenoxy) is 1. The standard InChI is InChI=1S/C17H21NO3/c1-12-17(2,14-8-9-14)15(19)10-18(12)16(20)21-11-13-6-4-3-5-7-13/h3-7,12,14H,8-11H2,1-2H3. The molecule has 4 nitrogen and oxygen atoms in total. The fourth-order valence-corrected chi connectivity index (χ4v) is 3.30. The number of carbonyl (C=O) groups excluding carboxylic acids is 2. The van der Waals surface area contributed by atoms with Crippen molar-refractivity contribution in [2.75, 3.05) is 6.54 Å². The van der Waals surface area contributed by atoms with Gasteiger partial charge >= 0.3 is 6.09 Å². The number of likely N-dealkylation sites (tertiary alicyclic amines) is 1. The monoisotopic (exact) mass is 287 g/mol. The summed E-state index contributed by atoms with van der Waals surface area (Å²) in [6.45, 7) is 4.40. The van der Waals surface area contributed by atoms with Crippen LogP contribution in [0, 0.1) is 11.3 Å². The Morgan fingerprint density at radius 3 is 2.62 bits per heavy atom. The summed E-state index contributed by atoms with van der Waals surface area (Å²) in [7, 11) is 0. The van der Waals surface area contributed by atoms with Gasteiger partial charge in [-0.05, 0) is 31.2 Å². The highest BCUT2D eigenvalue weighted by atomic mass is 16.6. The Morgan fingerprint density at radius 1 is 1.33 bits per heavy atom. The second-order valence-corrected chi connectivity index (χ2v) is 6.32. The number of amides is 1. The van der Waals surface area contributed by atoms with E-state index in [1.165, 1.54) is 0 Å². The molecule has 1 aromatic carbocycles. The first kappa shape index (κ1) is 14.1. The van der Waals surface area contributed by atoms with E-state index >= 15 is 0 Å². The molecule has 1 heterocycles. The molecule has 0 radical (unpaired) electrons. The van der Waals surface area contributed by atoms with Crippen LogP contribution in [0.3, 0.4) is 0 Å². The van der Waals surface area contributed by atoms with Crippen LogP contribution in [0.25, 0.3) is 0 Å². The zero-order valence-corrected chi connectivity index (χ0v) is 12.5. The van der Waals surface area contributed by atoms with Gasteiger partial charge in [0.15, 0.2) is 5.78 Å². The maximum absolute atomic E-state index is 12.3. The Morgan fingerprint density at radius 2 is 2.00 bits per heavy atom. The van der Waals surface area contributed by atoms with Gasteiger partial charge in [-0.15, -0.1) is 0 Å². The first-order chi connectivity index (χ1) is 10.0. The van der Waals surface area contributed by atoms with Gasteiger partial charge in [0.2, 0.25) is 0 Å². The second-order valence-electron chi connectivity index (χ2n) is 6.32. The minimum absolute atomic E-state index is 0.0826. The largest absolute Gasteiger partial charge is 0.445 e. The van der Waals surface area contributed by atoms with Crippen molar-refractivity contribution < 1.29 is 14.3 Å². The molecule has 1 amide bonds. The molecule has 0 aromatic heterocycles. The van der Waals surface area contributed by atoms with Gasteiger partial charge in [-0.3, -0.25) is 9.69 Å². The molecule has 1 aromatic rings. The molecule has 2 aliphatic rings. The minimum Gasteiger partial charge on any atom is -0.445 e. The molecule has 0 N–H and O–H groups in total. The molecule has 112 valence electrons. The van der Waals surface area contributed by atoms with Crippen LogP contribution in [-0.2, 0) is 16.1 Å². The summed E-state index contributed by atoms with van der Waals surface area (Å²) in [6, 6.07) is 9.50. The molecule has 1 saturated heterocycles. The molecule has 1 saturated carbocycles. The van der Waals surface area contributed by atoms with E-state index in [1.807, 2.05) is 44.2 Å². The Balaban J connectivity index is 1.64. The van der Waals surface area contributed by atoms with E-state index in [1.54, 1.807) is 4.90 Å². The van der Waals surface area contributed by atoms with Crippen molar-refractivity contribution in [1.82, 2.24) is 4.90 Å². The van der Waals surface area contributed by atoms with Gasteiger partial charge in [0.25, 0.3) is 0 Å². The molecule has 2 unspecified atom stereocenters. The van der Waals surface area contributed by atoms with E-state index < -0.39 is 0 Å². The molecule has 3 rings (SSSR count). The maximum atomic E-state index is 12.3. The molecule has 2 fully saturated rings. The second kappa shape index (κ2) is 5.17. The molecule has 0 spiro atoms. The van der Waals surface area contributed by atoms with E-state index in [2.05, 4.69) is 0 Å². The van der Waals surface area contributed by atoms with Crippen molar-refractivity contribution in [2.24, 2.45) is 11.3 Å². The lowest BCUT2D eigenvalue weighted by Crippen LogP contribution is -2.41. The number of nitrogens with zero attached hydrogens (tertiary/aromatic N) is 1. The lowest BCUT2D eigenvalue weighted by atomic mass is 9.77. The summed E-state index contributed by atoms with van der Waals surface area (Å²) >= 11 is 0. The van der Waals surface area contributed by atoms with Gasteiger partial charge in [-0.1, -0.05) is 37.3 Å². The van der Waals surface area contributed by atoms with E-state index in [9.17, 15) is 9.59 Å².